The van der Waals surface area contributed by atoms with Crippen molar-refractivity contribution in [3.63, 3.8) is 0 Å². The minimum absolute atomic E-state index is 0.243. The Morgan fingerprint density at radius 3 is 2.67 bits per heavy atom. The largest absolute Gasteiger partial charge is 0.392 e. The number of nitro groups is 1. The molecule has 1 aromatic carbocycles. The van der Waals surface area contributed by atoms with Gasteiger partial charge in [-0.15, -0.1) is 0 Å². The molecule has 1 atom stereocenters. The number of rotatable bonds is 5. The maximum absolute atomic E-state index is 13.0. The highest BCUT2D eigenvalue weighted by molar-refractivity contribution is 7.89. The molecule has 0 aliphatic carbocycles. The van der Waals surface area contributed by atoms with Crippen LogP contribution in [-0.4, -0.2) is 31.1 Å². The number of aliphatic hydroxyl groups is 1. The fraction of sp³-hybridized carbons (Fsp3) is 0.333. The molecule has 0 fully saturated rings. The Morgan fingerprint density at radius 1 is 1.56 bits per heavy atom. The second kappa shape index (κ2) is 5.38. The number of nitrogens with one attached hydrogen (secondary N) is 1. The fourth-order valence-corrected chi connectivity index (χ4v) is 2.25. The van der Waals surface area contributed by atoms with Gasteiger partial charge in [0.15, 0.2) is 0 Å². The van der Waals surface area contributed by atoms with Gasteiger partial charge >= 0.3 is 5.69 Å². The van der Waals surface area contributed by atoms with E-state index in [1.807, 2.05) is 4.72 Å². The van der Waals surface area contributed by atoms with Gasteiger partial charge in [0.2, 0.25) is 15.8 Å². The van der Waals surface area contributed by atoms with Crippen LogP contribution in [0.4, 0.5) is 10.1 Å². The SMILES string of the molecule is C[C@H](O)CNS(=O)(=O)c1ccc(F)c([N+](=O)[O-])c1. The molecule has 0 unspecified atom stereocenters. The monoisotopic (exact) mass is 278 g/mol. The normalized spacial score (nSPS) is 13.3. The number of halogens is 1. The van der Waals surface area contributed by atoms with Crippen molar-refractivity contribution in [1.29, 1.82) is 0 Å². The predicted octanol–water partition coefficient (Wildman–Crippen LogP) is 0.393. The summed E-state index contributed by atoms with van der Waals surface area (Å²) in [6.07, 6.45) is -0.907. The van der Waals surface area contributed by atoms with E-state index >= 15 is 0 Å². The van der Waals surface area contributed by atoms with Gasteiger partial charge in [0, 0.05) is 12.6 Å². The molecule has 0 spiro atoms. The number of benzene rings is 1. The Labute approximate surface area is 102 Å². The number of hydrogen-bond acceptors (Lipinski definition) is 5. The Bertz CT molecular complexity index is 558. The lowest BCUT2D eigenvalue weighted by Crippen LogP contribution is -2.30. The molecule has 0 aliphatic heterocycles. The summed E-state index contributed by atoms with van der Waals surface area (Å²) < 4.78 is 38.4. The molecule has 100 valence electrons. The highest BCUT2D eigenvalue weighted by atomic mass is 32.2. The molecule has 0 aliphatic rings. The van der Waals surface area contributed by atoms with E-state index in [-0.39, 0.29) is 6.54 Å². The quantitative estimate of drug-likeness (QED) is 0.598. The number of nitro benzene ring substituents is 1. The van der Waals surface area contributed by atoms with Crippen molar-refractivity contribution in [2.24, 2.45) is 0 Å². The Hall–Kier alpha value is -1.58. The van der Waals surface area contributed by atoms with Gasteiger partial charge in [-0.05, 0) is 19.1 Å². The lowest BCUT2D eigenvalue weighted by Gasteiger charge is -2.08. The van der Waals surface area contributed by atoms with Gasteiger partial charge in [-0.2, -0.15) is 4.39 Å². The van der Waals surface area contributed by atoms with Crippen molar-refractivity contribution in [3.8, 4) is 0 Å². The molecular weight excluding hydrogens is 267 g/mol. The molecule has 1 rings (SSSR count). The maximum Gasteiger partial charge on any atom is 0.306 e. The number of aliphatic hydroxyl groups excluding tert-OH is 1. The molecule has 0 saturated carbocycles. The summed E-state index contributed by atoms with van der Waals surface area (Å²) in [6, 6.07) is 2.24. The third kappa shape index (κ3) is 3.45. The zero-order valence-electron chi connectivity index (χ0n) is 9.33. The highest BCUT2D eigenvalue weighted by Crippen LogP contribution is 2.21. The molecular formula is C9H11FN2O5S. The minimum Gasteiger partial charge on any atom is -0.392 e. The standard InChI is InChI=1S/C9H11FN2O5S/c1-6(13)5-11-18(16,17)7-2-3-8(10)9(4-7)12(14)15/h2-4,6,11,13H,5H2,1H3/t6-/m0/s1. The molecule has 0 saturated heterocycles. The molecule has 0 radical (unpaired) electrons. The van der Waals surface area contributed by atoms with Gasteiger partial charge in [-0.3, -0.25) is 10.1 Å². The third-order valence-corrected chi connectivity index (χ3v) is 3.41. The van der Waals surface area contributed by atoms with E-state index in [2.05, 4.69) is 0 Å². The molecule has 18 heavy (non-hydrogen) atoms. The van der Waals surface area contributed by atoms with Crippen molar-refractivity contribution < 1.29 is 22.8 Å². The first-order chi connectivity index (χ1) is 8.24. The van der Waals surface area contributed by atoms with Crippen molar-refractivity contribution in [1.82, 2.24) is 4.72 Å². The van der Waals surface area contributed by atoms with E-state index in [0.29, 0.717) is 12.1 Å². The Morgan fingerprint density at radius 2 is 2.17 bits per heavy atom. The zero-order chi connectivity index (χ0) is 13.9. The number of nitrogens with zero attached hydrogens (tertiary/aromatic N) is 1. The number of hydrogen-bond donors (Lipinski definition) is 2. The van der Waals surface area contributed by atoms with E-state index in [0.717, 1.165) is 6.07 Å². The van der Waals surface area contributed by atoms with Gasteiger partial charge in [-0.1, -0.05) is 0 Å². The molecule has 2 N–H and O–H groups in total. The van der Waals surface area contributed by atoms with E-state index in [1.54, 1.807) is 0 Å². The van der Waals surface area contributed by atoms with Crippen molar-refractivity contribution in [2.45, 2.75) is 17.9 Å². The van der Waals surface area contributed by atoms with Crippen LogP contribution in [0.25, 0.3) is 0 Å². The van der Waals surface area contributed by atoms with E-state index in [1.165, 1.54) is 6.92 Å². The first-order valence-electron chi connectivity index (χ1n) is 4.85. The summed E-state index contributed by atoms with van der Waals surface area (Å²) in [5.74, 6) is -1.12. The highest BCUT2D eigenvalue weighted by Gasteiger charge is 2.21. The number of sulfonamides is 1. The van der Waals surface area contributed by atoms with Crippen LogP contribution >= 0.6 is 0 Å². The van der Waals surface area contributed by atoms with Crippen LogP contribution < -0.4 is 4.72 Å². The first-order valence-corrected chi connectivity index (χ1v) is 6.34. The smallest absolute Gasteiger partial charge is 0.306 e. The average Bonchev–Trinajstić information content (AvgIpc) is 2.26. The van der Waals surface area contributed by atoms with Crippen LogP contribution in [-0.2, 0) is 10.0 Å². The van der Waals surface area contributed by atoms with Crippen LogP contribution in [0, 0.1) is 15.9 Å². The average molecular weight is 278 g/mol. The van der Waals surface area contributed by atoms with Gasteiger partial charge in [0.25, 0.3) is 0 Å². The lowest BCUT2D eigenvalue weighted by molar-refractivity contribution is -0.387. The fourth-order valence-electron chi connectivity index (χ4n) is 1.11. The van der Waals surface area contributed by atoms with Crippen LogP contribution in [0.5, 0.6) is 0 Å². The van der Waals surface area contributed by atoms with E-state index in [4.69, 9.17) is 5.11 Å². The second-order valence-electron chi connectivity index (χ2n) is 3.57. The van der Waals surface area contributed by atoms with Crippen LogP contribution in [0.2, 0.25) is 0 Å². The second-order valence-corrected chi connectivity index (χ2v) is 5.34. The maximum atomic E-state index is 13.0. The summed E-state index contributed by atoms with van der Waals surface area (Å²) in [4.78, 5) is 9.03. The Balaban J connectivity index is 3.10. The van der Waals surface area contributed by atoms with E-state index in [9.17, 15) is 22.9 Å². The summed E-state index contributed by atoms with van der Waals surface area (Å²) in [5, 5.41) is 19.4. The van der Waals surface area contributed by atoms with Crippen LogP contribution in [0.3, 0.4) is 0 Å². The summed E-state index contributed by atoms with van der Waals surface area (Å²) in [7, 11) is -4.01. The van der Waals surface area contributed by atoms with Gasteiger partial charge < -0.3 is 5.11 Å². The predicted molar refractivity (Wildman–Crippen MR) is 59.9 cm³/mol. The van der Waals surface area contributed by atoms with E-state index < -0.39 is 37.5 Å². The Kier molecular flexibility index (Phi) is 4.33. The molecule has 7 nitrogen and oxygen atoms in total. The summed E-state index contributed by atoms with van der Waals surface area (Å²) >= 11 is 0. The molecule has 0 heterocycles. The molecule has 0 aromatic heterocycles. The molecule has 1 aromatic rings. The molecule has 0 amide bonds. The molecule has 9 heteroatoms. The summed E-state index contributed by atoms with van der Waals surface area (Å²) in [6.45, 7) is 1.13. The zero-order valence-corrected chi connectivity index (χ0v) is 10.1. The first kappa shape index (κ1) is 14.5. The molecule has 0 bridgehead atoms. The van der Waals surface area contributed by atoms with Crippen LogP contribution in [0.1, 0.15) is 6.92 Å². The third-order valence-electron chi connectivity index (χ3n) is 1.99. The van der Waals surface area contributed by atoms with Gasteiger partial charge in [0.1, 0.15) is 0 Å². The van der Waals surface area contributed by atoms with Gasteiger partial charge in [-0.25, -0.2) is 13.1 Å². The minimum atomic E-state index is -4.01. The lowest BCUT2D eigenvalue weighted by atomic mass is 10.3. The van der Waals surface area contributed by atoms with Crippen molar-refractivity contribution in [3.05, 3.63) is 34.1 Å². The van der Waals surface area contributed by atoms with Crippen molar-refractivity contribution in [2.75, 3.05) is 6.54 Å². The van der Waals surface area contributed by atoms with Crippen molar-refractivity contribution >= 4 is 15.7 Å². The van der Waals surface area contributed by atoms with Gasteiger partial charge in [0.05, 0.1) is 15.9 Å². The van der Waals surface area contributed by atoms with Crippen LogP contribution in [0.15, 0.2) is 23.1 Å². The topological polar surface area (TPSA) is 110 Å². The summed E-state index contributed by atoms with van der Waals surface area (Å²) in [5.41, 5.74) is -0.921.